The van der Waals surface area contributed by atoms with Crippen molar-refractivity contribution >= 4 is 34.8 Å². The number of nitrogens with zero attached hydrogens (tertiary/aromatic N) is 2. The smallest absolute Gasteiger partial charge is 0.238 e. The molecule has 3 rings (SSSR count). The van der Waals surface area contributed by atoms with Crippen molar-refractivity contribution < 1.29 is 9.59 Å². The van der Waals surface area contributed by atoms with Crippen molar-refractivity contribution in [1.29, 1.82) is 0 Å². The van der Waals surface area contributed by atoms with E-state index in [0.29, 0.717) is 30.2 Å². The van der Waals surface area contributed by atoms with Gasteiger partial charge in [0.2, 0.25) is 11.8 Å². The fraction of sp³-hybridized carbons (Fsp3) is 0.364. The lowest BCUT2D eigenvalue weighted by Gasteiger charge is -2.34. The van der Waals surface area contributed by atoms with Crippen LogP contribution in [-0.4, -0.2) is 60.9 Å². The molecule has 1 saturated heterocycles. The topological polar surface area (TPSA) is 64.7 Å². The van der Waals surface area contributed by atoms with Gasteiger partial charge in [0, 0.05) is 44.8 Å². The van der Waals surface area contributed by atoms with E-state index in [4.69, 9.17) is 11.6 Å². The van der Waals surface area contributed by atoms with Gasteiger partial charge in [0.15, 0.2) is 0 Å². The second-order valence-electron chi connectivity index (χ2n) is 7.31. The summed E-state index contributed by atoms with van der Waals surface area (Å²) in [5.41, 5.74) is 2.63. The highest BCUT2D eigenvalue weighted by atomic mass is 35.5. The van der Waals surface area contributed by atoms with Gasteiger partial charge in [0.1, 0.15) is 0 Å². The maximum absolute atomic E-state index is 12.2. The Morgan fingerprint density at radius 2 is 1.55 bits per heavy atom. The Bertz CT molecular complexity index is 833. The number of carbonyl (C=O) groups is 2. The molecule has 0 bridgehead atoms. The lowest BCUT2D eigenvalue weighted by molar-refractivity contribution is -0.117. The van der Waals surface area contributed by atoms with E-state index >= 15 is 0 Å². The first kappa shape index (κ1) is 21.3. The van der Waals surface area contributed by atoms with Gasteiger partial charge in [-0.25, -0.2) is 0 Å². The molecule has 0 saturated carbocycles. The molecule has 154 valence electrons. The third-order valence-electron chi connectivity index (χ3n) is 4.97. The predicted octanol–water partition coefficient (Wildman–Crippen LogP) is 3.23. The molecule has 0 radical (unpaired) electrons. The zero-order chi connectivity index (χ0) is 20.6. The van der Waals surface area contributed by atoms with E-state index < -0.39 is 0 Å². The van der Waals surface area contributed by atoms with Crippen LogP contribution in [-0.2, 0) is 9.59 Å². The molecular formula is C22H27ClN4O2. The average molecular weight is 415 g/mol. The minimum Gasteiger partial charge on any atom is -0.325 e. The van der Waals surface area contributed by atoms with Gasteiger partial charge in [0.05, 0.1) is 17.3 Å². The highest BCUT2D eigenvalue weighted by Gasteiger charge is 2.19. The SMILES string of the molecule is Cc1ccc(NC(=O)CN2CCN(CCC(=O)Nc3ccccc3Cl)CC2)cc1. The molecule has 0 unspecified atom stereocenters. The van der Waals surface area contributed by atoms with Crippen LogP contribution >= 0.6 is 11.6 Å². The standard InChI is InChI=1S/C22H27ClN4O2/c1-17-6-8-18(9-7-17)24-22(29)16-27-14-12-26(13-15-27)11-10-21(28)25-20-5-3-2-4-19(20)23/h2-9H,10-16H2,1H3,(H,24,29)(H,25,28). The van der Waals surface area contributed by atoms with E-state index in [1.807, 2.05) is 43.3 Å². The number of para-hydroxylation sites is 1. The molecule has 7 heteroatoms. The maximum Gasteiger partial charge on any atom is 0.238 e. The van der Waals surface area contributed by atoms with E-state index in [1.54, 1.807) is 12.1 Å². The normalized spacial score (nSPS) is 15.1. The van der Waals surface area contributed by atoms with Gasteiger partial charge in [-0.2, -0.15) is 0 Å². The third-order valence-corrected chi connectivity index (χ3v) is 5.30. The van der Waals surface area contributed by atoms with Gasteiger partial charge in [-0.15, -0.1) is 0 Å². The number of nitrogens with one attached hydrogen (secondary N) is 2. The summed E-state index contributed by atoms with van der Waals surface area (Å²) in [6.45, 7) is 6.41. The van der Waals surface area contributed by atoms with Crippen molar-refractivity contribution in [3.8, 4) is 0 Å². The second kappa shape index (κ2) is 10.4. The molecule has 1 fully saturated rings. The first-order valence-corrected chi connectivity index (χ1v) is 10.2. The average Bonchev–Trinajstić information content (AvgIpc) is 2.71. The Morgan fingerprint density at radius 1 is 0.897 bits per heavy atom. The summed E-state index contributed by atoms with van der Waals surface area (Å²) in [5.74, 6) is -0.0422. The van der Waals surface area contributed by atoms with Crippen molar-refractivity contribution in [2.75, 3.05) is 49.9 Å². The number of carbonyl (C=O) groups excluding carboxylic acids is 2. The predicted molar refractivity (Wildman–Crippen MR) is 117 cm³/mol. The summed E-state index contributed by atoms with van der Waals surface area (Å²) >= 11 is 6.07. The van der Waals surface area contributed by atoms with Crippen LogP contribution in [0, 0.1) is 6.92 Å². The van der Waals surface area contributed by atoms with E-state index in [2.05, 4.69) is 20.4 Å². The van der Waals surface area contributed by atoms with Crippen molar-refractivity contribution in [1.82, 2.24) is 9.80 Å². The molecule has 29 heavy (non-hydrogen) atoms. The number of piperazine rings is 1. The van der Waals surface area contributed by atoms with E-state index in [1.165, 1.54) is 5.56 Å². The van der Waals surface area contributed by atoms with E-state index in [0.717, 1.165) is 31.9 Å². The Balaban J connectivity index is 1.34. The Kier molecular flexibility index (Phi) is 7.63. The minimum atomic E-state index is -0.0435. The molecule has 0 atom stereocenters. The number of aryl methyl sites for hydroxylation is 1. The van der Waals surface area contributed by atoms with Crippen LogP contribution in [0.4, 0.5) is 11.4 Å². The zero-order valence-corrected chi connectivity index (χ0v) is 17.4. The van der Waals surface area contributed by atoms with Gasteiger partial charge >= 0.3 is 0 Å². The number of rotatable bonds is 7. The molecule has 1 aliphatic rings. The number of hydrogen-bond acceptors (Lipinski definition) is 4. The van der Waals surface area contributed by atoms with Gasteiger partial charge in [0.25, 0.3) is 0 Å². The highest BCUT2D eigenvalue weighted by molar-refractivity contribution is 6.33. The first-order chi connectivity index (χ1) is 14.0. The Labute approximate surface area is 176 Å². The van der Waals surface area contributed by atoms with Gasteiger partial charge < -0.3 is 15.5 Å². The largest absolute Gasteiger partial charge is 0.325 e. The Hall–Kier alpha value is -2.41. The van der Waals surface area contributed by atoms with Crippen LogP contribution in [0.1, 0.15) is 12.0 Å². The molecule has 0 aliphatic carbocycles. The molecule has 1 aliphatic heterocycles. The molecule has 2 N–H and O–H groups in total. The second-order valence-corrected chi connectivity index (χ2v) is 7.72. The number of anilines is 2. The van der Waals surface area contributed by atoms with Crippen molar-refractivity contribution in [2.45, 2.75) is 13.3 Å². The van der Waals surface area contributed by atoms with Gasteiger partial charge in [-0.05, 0) is 31.2 Å². The molecule has 2 amide bonds. The summed E-state index contributed by atoms with van der Waals surface area (Å²) in [7, 11) is 0. The maximum atomic E-state index is 12.2. The van der Waals surface area contributed by atoms with Crippen LogP contribution in [0.2, 0.25) is 5.02 Å². The summed E-state index contributed by atoms with van der Waals surface area (Å²) < 4.78 is 0. The first-order valence-electron chi connectivity index (χ1n) is 9.85. The quantitative estimate of drug-likeness (QED) is 0.730. The molecular weight excluding hydrogens is 388 g/mol. The zero-order valence-electron chi connectivity index (χ0n) is 16.7. The number of halogens is 1. The third kappa shape index (κ3) is 6.85. The highest BCUT2D eigenvalue weighted by Crippen LogP contribution is 2.20. The molecule has 1 heterocycles. The monoisotopic (exact) mass is 414 g/mol. The summed E-state index contributed by atoms with van der Waals surface area (Å²) in [4.78, 5) is 28.8. The van der Waals surface area contributed by atoms with Gasteiger partial charge in [-0.3, -0.25) is 14.5 Å². The van der Waals surface area contributed by atoms with Gasteiger partial charge in [-0.1, -0.05) is 41.4 Å². The lowest BCUT2D eigenvalue weighted by atomic mass is 10.2. The molecule has 0 aromatic heterocycles. The number of hydrogen-bond donors (Lipinski definition) is 2. The van der Waals surface area contributed by atoms with Crippen molar-refractivity contribution in [2.24, 2.45) is 0 Å². The van der Waals surface area contributed by atoms with Crippen LogP contribution in [0.15, 0.2) is 48.5 Å². The minimum absolute atomic E-state index is 0.00132. The van der Waals surface area contributed by atoms with Crippen molar-refractivity contribution in [3.05, 3.63) is 59.1 Å². The summed E-state index contributed by atoms with van der Waals surface area (Å²) in [6.07, 6.45) is 0.416. The van der Waals surface area contributed by atoms with Crippen LogP contribution < -0.4 is 10.6 Å². The fourth-order valence-corrected chi connectivity index (χ4v) is 3.43. The van der Waals surface area contributed by atoms with E-state index in [9.17, 15) is 9.59 Å². The van der Waals surface area contributed by atoms with Crippen molar-refractivity contribution in [3.63, 3.8) is 0 Å². The molecule has 2 aromatic carbocycles. The summed E-state index contributed by atoms with van der Waals surface area (Å²) in [6, 6.07) is 15.0. The molecule has 0 spiro atoms. The van der Waals surface area contributed by atoms with Crippen LogP contribution in [0.3, 0.4) is 0 Å². The lowest BCUT2D eigenvalue weighted by Crippen LogP contribution is -2.49. The summed E-state index contributed by atoms with van der Waals surface area (Å²) in [5, 5.41) is 6.33. The van der Waals surface area contributed by atoms with Crippen LogP contribution in [0.25, 0.3) is 0 Å². The Morgan fingerprint density at radius 3 is 2.24 bits per heavy atom. The molecule has 2 aromatic rings. The molecule has 6 nitrogen and oxygen atoms in total. The fourth-order valence-electron chi connectivity index (χ4n) is 3.25. The van der Waals surface area contributed by atoms with Crippen LogP contribution in [0.5, 0.6) is 0 Å². The number of benzene rings is 2. The number of amides is 2. The van der Waals surface area contributed by atoms with E-state index in [-0.39, 0.29) is 11.8 Å².